The van der Waals surface area contributed by atoms with Gasteiger partial charge in [0.05, 0.1) is 26.4 Å². The number of carbonyl (C=O) groups excluding carboxylic acids is 4. The summed E-state index contributed by atoms with van der Waals surface area (Å²) in [4.78, 5) is 73.2. The second-order valence-corrected chi connectivity index (χ2v) is 34.4. The Kier molecular flexibility index (Phi) is 75.0. The van der Waals surface area contributed by atoms with Crippen molar-refractivity contribution in [2.45, 2.75) is 471 Å². The molecular weight excluding hydrogens is 1350 g/mol. The van der Waals surface area contributed by atoms with Gasteiger partial charge in [0, 0.05) is 25.7 Å². The first-order chi connectivity index (χ1) is 50.4. The van der Waals surface area contributed by atoms with Crippen LogP contribution in [0.15, 0.2) is 0 Å². The van der Waals surface area contributed by atoms with Gasteiger partial charge in [0.15, 0.2) is 12.2 Å². The number of phosphoric acid groups is 2. The monoisotopic (exact) mass is 1520 g/mol. The first-order valence-corrected chi connectivity index (χ1v) is 47.0. The zero-order chi connectivity index (χ0) is 76.4. The van der Waals surface area contributed by atoms with E-state index in [1.807, 2.05) is 0 Å². The van der Waals surface area contributed by atoms with Gasteiger partial charge < -0.3 is 33.8 Å². The maximum atomic E-state index is 13.1. The van der Waals surface area contributed by atoms with Gasteiger partial charge in [-0.2, -0.15) is 0 Å². The highest BCUT2D eigenvalue weighted by molar-refractivity contribution is 7.47. The van der Waals surface area contributed by atoms with Gasteiger partial charge >= 0.3 is 39.5 Å². The summed E-state index contributed by atoms with van der Waals surface area (Å²) in [6.07, 6.45) is 68.0. The number of esters is 4. The molecule has 0 bridgehead atoms. The van der Waals surface area contributed by atoms with E-state index in [1.165, 1.54) is 270 Å². The summed E-state index contributed by atoms with van der Waals surface area (Å²) in [6.45, 7) is 9.67. The highest BCUT2D eigenvalue weighted by Crippen LogP contribution is 2.45. The predicted molar refractivity (Wildman–Crippen MR) is 428 cm³/mol. The van der Waals surface area contributed by atoms with E-state index in [9.17, 15) is 43.2 Å². The second-order valence-electron chi connectivity index (χ2n) is 31.5. The first-order valence-electron chi connectivity index (χ1n) is 44.0. The summed E-state index contributed by atoms with van der Waals surface area (Å²) in [6, 6.07) is 0. The SMILES string of the molecule is CCCCCCCCCCCCCCCCCCCCCC(=O)O[C@H](COC(=O)CCCCCCCCCCCCCCCCCCC)COP(=O)(O)OC[C@@H](O)COP(=O)(O)OC[C@@H](COC(=O)CCCCCCCCCCCC(C)C)OC(=O)CCCCCCCCCCCCCCCC(C)C. The molecule has 0 aromatic heterocycles. The van der Waals surface area contributed by atoms with E-state index in [-0.39, 0.29) is 25.7 Å². The van der Waals surface area contributed by atoms with Crippen molar-refractivity contribution in [3.05, 3.63) is 0 Å². The van der Waals surface area contributed by atoms with E-state index < -0.39 is 97.5 Å². The highest BCUT2D eigenvalue weighted by atomic mass is 31.2. The summed E-state index contributed by atoms with van der Waals surface area (Å²) in [5.41, 5.74) is 0. The van der Waals surface area contributed by atoms with Crippen molar-refractivity contribution < 1.29 is 80.2 Å². The number of ether oxygens (including phenoxy) is 4. The van der Waals surface area contributed by atoms with E-state index in [4.69, 9.17) is 37.0 Å². The molecule has 0 amide bonds. The molecule has 17 nitrogen and oxygen atoms in total. The molecule has 0 heterocycles. The average molecular weight is 1520 g/mol. The molecule has 0 rings (SSSR count). The van der Waals surface area contributed by atoms with Crippen molar-refractivity contribution in [2.24, 2.45) is 11.8 Å². The number of hydrogen-bond donors (Lipinski definition) is 3. The molecule has 104 heavy (non-hydrogen) atoms. The van der Waals surface area contributed by atoms with E-state index >= 15 is 0 Å². The lowest BCUT2D eigenvalue weighted by molar-refractivity contribution is -0.161. The fourth-order valence-corrected chi connectivity index (χ4v) is 14.8. The summed E-state index contributed by atoms with van der Waals surface area (Å²) in [7, 11) is -9.93. The van der Waals surface area contributed by atoms with Gasteiger partial charge in [-0.25, -0.2) is 9.13 Å². The third kappa shape index (κ3) is 78.2. The fraction of sp³-hybridized carbons (Fsp3) is 0.953. The molecule has 0 aliphatic heterocycles. The topological polar surface area (TPSA) is 237 Å². The highest BCUT2D eigenvalue weighted by Gasteiger charge is 2.30. The molecule has 3 N–H and O–H groups in total. The van der Waals surface area contributed by atoms with Crippen LogP contribution in [0.2, 0.25) is 0 Å². The Bertz CT molecular complexity index is 1990. The zero-order valence-corrected chi connectivity index (χ0v) is 70.1. The Morgan fingerprint density at radius 1 is 0.260 bits per heavy atom. The Hall–Kier alpha value is -1.94. The Labute approximate surface area is 638 Å². The van der Waals surface area contributed by atoms with Gasteiger partial charge in [-0.3, -0.25) is 37.3 Å². The van der Waals surface area contributed by atoms with Crippen molar-refractivity contribution in [1.82, 2.24) is 0 Å². The number of hydrogen-bond acceptors (Lipinski definition) is 15. The summed E-state index contributed by atoms with van der Waals surface area (Å²) in [5, 5.41) is 10.7. The van der Waals surface area contributed by atoms with Crippen LogP contribution in [0.1, 0.15) is 452 Å². The molecule has 0 spiro atoms. The lowest BCUT2D eigenvalue weighted by Crippen LogP contribution is -2.30. The van der Waals surface area contributed by atoms with Gasteiger partial charge in [-0.1, -0.05) is 401 Å². The number of carbonyl (C=O) groups is 4. The van der Waals surface area contributed by atoms with Crippen LogP contribution >= 0.6 is 15.6 Å². The molecule has 0 saturated carbocycles. The second kappa shape index (κ2) is 76.4. The molecule has 5 atom stereocenters. The van der Waals surface area contributed by atoms with Crippen LogP contribution in [0.5, 0.6) is 0 Å². The summed E-state index contributed by atoms with van der Waals surface area (Å²) >= 11 is 0. The standard InChI is InChI=1S/C85H166O17P2/c1-7-9-11-13-15-17-19-21-23-25-26-28-30-34-38-44-51-57-63-69-84(89)101-80(73-95-82(87)67-61-55-49-43-37-33-29-27-24-22-20-18-16-14-12-10-8-2)75-99-103(91,92)97-71-79(86)72-98-104(93,94)100-76-81(74-96-83(88)68-62-56-50-46-40-42-48-54-60-66-78(5)6)102-85(90)70-64-58-52-45-39-35-31-32-36-41-47-53-59-65-77(3)4/h77-81,86H,7-76H2,1-6H3,(H,91,92)(H,93,94)/t79-,80-,81-/m1/s1. The van der Waals surface area contributed by atoms with Gasteiger partial charge in [-0.15, -0.1) is 0 Å². The maximum Gasteiger partial charge on any atom is 0.472 e. The zero-order valence-electron chi connectivity index (χ0n) is 68.3. The smallest absolute Gasteiger partial charge is 0.462 e. The van der Waals surface area contributed by atoms with E-state index in [2.05, 4.69) is 41.5 Å². The molecule has 0 aromatic rings. The van der Waals surface area contributed by atoms with Gasteiger partial charge in [0.2, 0.25) is 0 Å². The number of rotatable bonds is 84. The largest absolute Gasteiger partial charge is 0.472 e. The molecule has 0 aromatic carbocycles. The Balaban J connectivity index is 5.26. The first kappa shape index (κ1) is 102. The van der Waals surface area contributed by atoms with Crippen molar-refractivity contribution in [3.63, 3.8) is 0 Å². The molecule has 0 radical (unpaired) electrons. The summed E-state index contributed by atoms with van der Waals surface area (Å²) < 4.78 is 68.9. The summed E-state index contributed by atoms with van der Waals surface area (Å²) in [5.74, 6) is -0.572. The lowest BCUT2D eigenvalue weighted by atomic mass is 10.0. The van der Waals surface area contributed by atoms with Crippen LogP contribution in [0.25, 0.3) is 0 Å². The van der Waals surface area contributed by atoms with Crippen LogP contribution in [-0.2, 0) is 65.4 Å². The van der Waals surface area contributed by atoms with Crippen LogP contribution in [0.4, 0.5) is 0 Å². The minimum atomic E-state index is -4.96. The van der Waals surface area contributed by atoms with Crippen molar-refractivity contribution in [1.29, 1.82) is 0 Å². The van der Waals surface area contributed by atoms with Crippen LogP contribution in [0, 0.1) is 11.8 Å². The van der Waals surface area contributed by atoms with Gasteiger partial charge in [-0.05, 0) is 37.5 Å². The van der Waals surface area contributed by atoms with E-state index in [0.29, 0.717) is 25.7 Å². The maximum absolute atomic E-state index is 13.1. The molecule has 0 saturated heterocycles. The third-order valence-corrected chi connectivity index (χ3v) is 21.9. The quantitative estimate of drug-likeness (QED) is 0.0222. The van der Waals surface area contributed by atoms with Gasteiger partial charge in [0.1, 0.15) is 19.3 Å². The number of aliphatic hydroxyl groups excluding tert-OH is 1. The van der Waals surface area contributed by atoms with Gasteiger partial charge in [0.25, 0.3) is 0 Å². The van der Waals surface area contributed by atoms with Crippen LogP contribution < -0.4 is 0 Å². The number of phosphoric ester groups is 2. The minimum Gasteiger partial charge on any atom is -0.462 e. The number of unbranched alkanes of at least 4 members (excludes halogenated alkanes) is 54. The molecule has 618 valence electrons. The van der Waals surface area contributed by atoms with Crippen molar-refractivity contribution in [3.8, 4) is 0 Å². The lowest BCUT2D eigenvalue weighted by Gasteiger charge is -2.21. The van der Waals surface area contributed by atoms with Crippen molar-refractivity contribution in [2.75, 3.05) is 39.6 Å². The fourth-order valence-electron chi connectivity index (χ4n) is 13.2. The molecule has 0 aliphatic rings. The molecule has 19 heteroatoms. The molecule has 2 unspecified atom stereocenters. The Morgan fingerprint density at radius 3 is 0.654 bits per heavy atom. The predicted octanol–water partition coefficient (Wildman–Crippen LogP) is 25.8. The van der Waals surface area contributed by atoms with Crippen LogP contribution in [-0.4, -0.2) is 96.7 Å². The molecule has 0 fully saturated rings. The normalized spacial score (nSPS) is 13.8. The Morgan fingerprint density at radius 2 is 0.442 bits per heavy atom. The van der Waals surface area contributed by atoms with Crippen LogP contribution in [0.3, 0.4) is 0 Å². The molecular formula is C85H166O17P2. The molecule has 0 aliphatic carbocycles. The average Bonchev–Trinajstić information content (AvgIpc) is 0.904. The van der Waals surface area contributed by atoms with Crippen molar-refractivity contribution >= 4 is 39.5 Å². The third-order valence-electron chi connectivity index (χ3n) is 20.0. The number of aliphatic hydroxyl groups is 1. The minimum absolute atomic E-state index is 0.107. The van der Waals surface area contributed by atoms with E-state index in [1.54, 1.807) is 0 Å². The van der Waals surface area contributed by atoms with E-state index in [0.717, 1.165) is 102 Å².